The second-order valence-corrected chi connectivity index (χ2v) is 11.4. The number of carbonyl (C=O) groups excluding carboxylic acids is 2. The maximum absolute atomic E-state index is 13.5. The van der Waals surface area contributed by atoms with Gasteiger partial charge in [0.05, 0.1) is 42.5 Å². The number of aromatic nitrogens is 2. The van der Waals surface area contributed by atoms with Gasteiger partial charge in [-0.3, -0.25) is 9.59 Å². The van der Waals surface area contributed by atoms with Crippen LogP contribution in [0.5, 0.6) is 11.5 Å². The highest BCUT2D eigenvalue weighted by Crippen LogP contribution is 2.39. The van der Waals surface area contributed by atoms with Crippen molar-refractivity contribution in [3.05, 3.63) is 100 Å². The number of fused-ring (bicyclic) bond motifs is 1. The van der Waals surface area contributed by atoms with Crippen LogP contribution in [0.4, 0.5) is 5.69 Å². The van der Waals surface area contributed by atoms with Crippen LogP contribution in [0.1, 0.15) is 63.5 Å². The van der Waals surface area contributed by atoms with Crippen LogP contribution in [0.3, 0.4) is 0 Å². The molecule has 8 heteroatoms. The van der Waals surface area contributed by atoms with Gasteiger partial charge in [0.15, 0.2) is 17.3 Å². The molecule has 0 aliphatic heterocycles. The molecule has 1 heterocycles. The van der Waals surface area contributed by atoms with Gasteiger partial charge in [-0.25, -0.2) is 4.68 Å². The zero-order valence-electron chi connectivity index (χ0n) is 24.2. The van der Waals surface area contributed by atoms with Crippen LogP contribution in [0.25, 0.3) is 5.69 Å². The normalized spacial score (nSPS) is 13.9. The second kappa shape index (κ2) is 11.1. The quantitative estimate of drug-likeness (QED) is 0.290. The summed E-state index contributed by atoms with van der Waals surface area (Å²) in [5.74, 6) is 1.21. The Kier molecular flexibility index (Phi) is 7.58. The molecule has 0 saturated carbocycles. The van der Waals surface area contributed by atoms with Crippen LogP contribution >= 0.6 is 0 Å². The molecule has 0 radical (unpaired) electrons. The Morgan fingerprint density at radius 3 is 2.39 bits per heavy atom. The molecule has 2 N–H and O–H groups in total. The van der Waals surface area contributed by atoms with Crippen molar-refractivity contribution in [2.24, 2.45) is 5.41 Å². The minimum atomic E-state index is -0.215. The molecule has 1 aliphatic rings. The molecule has 1 aliphatic carbocycles. The highest BCUT2D eigenvalue weighted by atomic mass is 16.5. The number of amides is 1. The zero-order chi connectivity index (χ0) is 29.3. The van der Waals surface area contributed by atoms with Crippen LogP contribution in [-0.4, -0.2) is 47.6 Å². The lowest BCUT2D eigenvalue weighted by Gasteiger charge is -2.29. The maximum Gasteiger partial charge on any atom is 0.253 e. The van der Waals surface area contributed by atoms with Crippen molar-refractivity contribution in [3.8, 4) is 17.2 Å². The van der Waals surface area contributed by atoms with E-state index in [1.165, 1.54) is 0 Å². The lowest BCUT2D eigenvalue weighted by atomic mass is 9.75. The Labute approximate surface area is 240 Å². The van der Waals surface area contributed by atoms with E-state index in [4.69, 9.17) is 20.3 Å². The number of ether oxygens (including phenoxy) is 2. The monoisotopic (exact) mass is 552 g/mol. The van der Waals surface area contributed by atoms with Gasteiger partial charge in [-0.2, -0.15) is 5.10 Å². The van der Waals surface area contributed by atoms with Crippen LogP contribution in [0.2, 0.25) is 0 Å². The molecule has 8 nitrogen and oxygen atoms in total. The number of hydrogen-bond acceptors (Lipinski definition) is 6. The minimum Gasteiger partial charge on any atom is -0.493 e. The standard InChI is InChI=1S/C33H36N4O4/c1-33(2)18-27-31(28(38)19-33)25(15-22-11-14-29(40-4)30(16-22)41-5)35-37(27)26-13-12-23(17-24(26)34)32(39)36(3)20-21-9-7-6-8-10-21/h6-14,16-17H,15,18-20,34H2,1-5H3. The van der Waals surface area contributed by atoms with Gasteiger partial charge >= 0.3 is 0 Å². The number of carbonyl (C=O) groups is 2. The van der Waals surface area contributed by atoms with E-state index >= 15 is 0 Å². The summed E-state index contributed by atoms with van der Waals surface area (Å²) in [6.45, 7) is 4.67. The molecule has 1 aromatic heterocycles. The summed E-state index contributed by atoms with van der Waals surface area (Å²) in [4.78, 5) is 28.3. The van der Waals surface area contributed by atoms with Crippen LogP contribution in [0, 0.1) is 5.41 Å². The van der Waals surface area contributed by atoms with Gasteiger partial charge in [0.25, 0.3) is 5.91 Å². The fourth-order valence-electron chi connectivity index (χ4n) is 5.56. The molecular formula is C33H36N4O4. The molecule has 212 valence electrons. The molecule has 5 rings (SSSR count). The Hall–Kier alpha value is -4.59. The molecule has 0 saturated heterocycles. The predicted octanol–water partition coefficient (Wildman–Crippen LogP) is 5.49. The van der Waals surface area contributed by atoms with Gasteiger partial charge in [0, 0.05) is 32.0 Å². The number of nitrogen functional groups attached to an aromatic ring is 1. The smallest absolute Gasteiger partial charge is 0.253 e. The first kappa shape index (κ1) is 28.0. The molecule has 3 aromatic carbocycles. The van der Waals surface area contributed by atoms with E-state index in [1.54, 1.807) is 43.0 Å². The van der Waals surface area contributed by atoms with Crippen molar-refractivity contribution in [2.75, 3.05) is 27.0 Å². The molecule has 0 spiro atoms. The van der Waals surface area contributed by atoms with E-state index in [0.717, 1.165) is 16.8 Å². The first-order valence-corrected chi connectivity index (χ1v) is 13.6. The molecule has 0 bridgehead atoms. The second-order valence-electron chi connectivity index (χ2n) is 11.4. The predicted molar refractivity (Wildman–Crippen MR) is 159 cm³/mol. The van der Waals surface area contributed by atoms with Crippen LogP contribution in [0.15, 0.2) is 66.7 Å². The van der Waals surface area contributed by atoms with E-state index in [-0.39, 0.29) is 17.1 Å². The van der Waals surface area contributed by atoms with Crippen molar-refractivity contribution in [2.45, 2.75) is 39.7 Å². The molecule has 41 heavy (non-hydrogen) atoms. The zero-order valence-corrected chi connectivity index (χ0v) is 24.2. The molecule has 0 atom stereocenters. The summed E-state index contributed by atoms with van der Waals surface area (Å²) >= 11 is 0. The summed E-state index contributed by atoms with van der Waals surface area (Å²) in [5, 5.41) is 4.95. The average Bonchev–Trinajstić information content (AvgIpc) is 3.29. The third kappa shape index (κ3) is 5.68. The average molecular weight is 553 g/mol. The molecule has 0 unspecified atom stereocenters. The van der Waals surface area contributed by atoms with Gasteiger partial charge in [0.2, 0.25) is 0 Å². The Bertz CT molecular complexity index is 1610. The summed E-state index contributed by atoms with van der Waals surface area (Å²) in [5.41, 5.74) is 12.1. The number of benzene rings is 3. The van der Waals surface area contributed by atoms with Gasteiger partial charge in [-0.05, 0) is 53.3 Å². The number of rotatable bonds is 8. The van der Waals surface area contributed by atoms with Crippen LogP contribution < -0.4 is 15.2 Å². The minimum absolute atomic E-state index is 0.0749. The van der Waals surface area contributed by atoms with E-state index < -0.39 is 0 Å². The van der Waals surface area contributed by atoms with Crippen molar-refractivity contribution >= 4 is 17.4 Å². The lowest BCUT2D eigenvalue weighted by molar-refractivity contribution is 0.0784. The molecular weight excluding hydrogens is 516 g/mol. The van der Waals surface area contributed by atoms with Crippen molar-refractivity contribution in [1.29, 1.82) is 0 Å². The third-order valence-electron chi connectivity index (χ3n) is 7.55. The number of ketones is 1. The Morgan fingerprint density at radius 1 is 0.976 bits per heavy atom. The molecule has 4 aromatic rings. The summed E-state index contributed by atoms with van der Waals surface area (Å²) in [7, 11) is 4.97. The number of methoxy groups -OCH3 is 2. The van der Waals surface area contributed by atoms with E-state index in [1.807, 2.05) is 54.6 Å². The van der Waals surface area contributed by atoms with Gasteiger partial charge < -0.3 is 20.1 Å². The van der Waals surface area contributed by atoms with Crippen molar-refractivity contribution < 1.29 is 19.1 Å². The first-order chi connectivity index (χ1) is 19.6. The number of nitrogens with two attached hydrogens (primary N) is 1. The summed E-state index contributed by atoms with van der Waals surface area (Å²) in [6.07, 6.45) is 1.57. The number of nitrogens with zero attached hydrogens (tertiary/aromatic N) is 3. The highest BCUT2D eigenvalue weighted by Gasteiger charge is 2.37. The number of anilines is 1. The highest BCUT2D eigenvalue weighted by molar-refractivity contribution is 6.00. The SMILES string of the molecule is COc1ccc(Cc2nn(-c3ccc(C(=O)N(C)Cc4ccccc4)cc3N)c3c2C(=O)CC(C)(C)C3)cc1OC. The fraction of sp³-hybridized carbons (Fsp3) is 0.303. The number of hydrogen-bond donors (Lipinski definition) is 1. The fourth-order valence-corrected chi connectivity index (χ4v) is 5.56. The first-order valence-electron chi connectivity index (χ1n) is 13.6. The van der Waals surface area contributed by atoms with Crippen molar-refractivity contribution in [3.63, 3.8) is 0 Å². The van der Waals surface area contributed by atoms with Gasteiger partial charge in [0.1, 0.15) is 0 Å². The Morgan fingerprint density at radius 2 is 1.71 bits per heavy atom. The van der Waals surface area contributed by atoms with E-state index in [0.29, 0.717) is 65.5 Å². The topological polar surface area (TPSA) is 99.7 Å². The molecule has 1 amide bonds. The van der Waals surface area contributed by atoms with Crippen LogP contribution in [-0.2, 0) is 19.4 Å². The third-order valence-corrected chi connectivity index (χ3v) is 7.55. The number of Topliss-reactive ketones (excluding diaryl/α,β-unsaturated/α-hetero) is 1. The lowest BCUT2D eigenvalue weighted by Crippen LogP contribution is -2.28. The maximum atomic E-state index is 13.5. The van der Waals surface area contributed by atoms with Gasteiger partial charge in [-0.1, -0.05) is 50.2 Å². The van der Waals surface area contributed by atoms with E-state index in [2.05, 4.69) is 13.8 Å². The summed E-state index contributed by atoms with van der Waals surface area (Å²) < 4.78 is 12.7. The Balaban J connectivity index is 1.50. The largest absolute Gasteiger partial charge is 0.493 e. The van der Waals surface area contributed by atoms with Gasteiger partial charge in [-0.15, -0.1) is 0 Å². The molecule has 0 fully saturated rings. The summed E-state index contributed by atoms with van der Waals surface area (Å²) in [6, 6.07) is 20.8. The van der Waals surface area contributed by atoms with Crippen molar-refractivity contribution in [1.82, 2.24) is 14.7 Å². The van der Waals surface area contributed by atoms with E-state index in [9.17, 15) is 9.59 Å².